The Morgan fingerprint density at radius 2 is 1.82 bits per heavy atom. The monoisotopic (exact) mass is 393 g/mol. The molecule has 0 spiro atoms. The summed E-state index contributed by atoms with van der Waals surface area (Å²) in [5.41, 5.74) is 9.06. The first-order valence-electron chi connectivity index (χ1n) is 8.83. The van der Waals surface area contributed by atoms with Crippen molar-refractivity contribution in [3.8, 4) is 22.4 Å². The van der Waals surface area contributed by atoms with Gasteiger partial charge in [0.2, 0.25) is 5.91 Å². The highest BCUT2D eigenvalue weighted by atomic mass is 35.5. The van der Waals surface area contributed by atoms with Crippen LogP contribution < -0.4 is 11.1 Å². The summed E-state index contributed by atoms with van der Waals surface area (Å²) in [4.78, 5) is 28.7. The molecule has 3 N–H and O–H groups in total. The van der Waals surface area contributed by atoms with E-state index in [1.165, 1.54) is 0 Å². The highest BCUT2D eigenvalue weighted by molar-refractivity contribution is 6.33. The van der Waals surface area contributed by atoms with Gasteiger partial charge in [-0.15, -0.1) is 0 Å². The number of hydrogen-bond donors (Lipinski definition) is 2. The van der Waals surface area contributed by atoms with Gasteiger partial charge in [0.15, 0.2) is 0 Å². The van der Waals surface area contributed by atoms with Crippen LogP contribution in [0.25, 0.3) is 22.4 Å². The fourth-order valence-corrected chi connectivity index (χ4v) is 3.11. The maximum atomic E-state index is 12.4. The van der Waals surface area contributed by atoms with Crippen LogP contribution in [0.2, 0.25) is 5.02 Å². The first-order valence-corrected chi connectivity index (χ1v) is 9.20. The van der Waals surface area contributed by atoms with Crippen LogP contribution in [0, 0.1) is 0 Å². The van der Waals surface area contributed by atoms with Gasteiger partial charge in [-0.2, -0.15) is 0 Å². The van der Waals surface area contributed by atoms with Gasteiger partial charge in [-0.25, -0.2) is 0 Å². The number of halogens is 1. The second-order valence-corrected chi connectivity index (χ2v) is 7.07. The minimum atomic E-state index is -0.569. The van der Waals surface area contributed by atoms with Crippen LogP contribution in [0.4, 0.5) is 0 Å². The molecule has 0 radical (unpaired) electrons. The van der Waals surface area contributed by atoms with E-state index in [4.69, 9.17) is 17.3 Å². The normalized spacial score (nSPS) is 10.7. The fourth-order valence-electron chi connectivity index (χ4n) is 2.90. The maximum absolute atomic E-state index is 12.4. The standard InChI is InChI=1S/C22H20ClN3O2/c1-13(2)26-22(28)15-6-8-16(21(24)27)17(12-15)14-7-9-19(23)18(11-14)20-5-3-4-10-25-20/h3-13H,1-2H3,(H2,24,27)(H,26,28). The predicted molar refractivity (Wildman–Crippen MR) is 111 cm³/mol. The van der Waals surface area contributed by atoms with Crippen molar-refractivity contribution < 1.29 is 9.59 Å². The second-order valence-electron chi connectivity index (χ2n) is 6.66. The Kier molecular flexibility index (Phi) is 5.76. The maximum Gasteiger partial charge on any atom is 0.251 e. The minimum absolute atomic E-state index is 0.00180. The molecule has 6 heteroatoms. The number of amides is 2. The molecule has 2 aromatic carbocycles. The van der Waals surface area contributed by atoms with Gasteiger partial charge in [-0.05, 0) is 67.4 Å². The molecule has 0 bridgehead atoms. The van der Waals surface area contributed by atoms with Crippen molar-refractivity contribution in [1.29, 1.82) is 0 Å². The minimum Gasteiger partial charge on any atom is -0.366 e. The van der Waals surface area contributed by atoms with E-state index >= 15 is 0 Å². The Labute approximate surface area is 168 Å². The molecule has 5 nitrogen and oxygen atoms in total. The van der Waals surface area contributed by atoms with Crippen LogP contribution in [0.15, 0.2) is 60.8 Å². The van der Waals surface area contributed by atoms with Crippen molar-refractivity contribution in [2.75, 3.05) is 0 Å². The number of hydrogen-bond acceptors (Lipinski definition) is 3. The fraction of sp³-hybridized carbons (Fsp3) is 0.136. The molecular formula is C22H20ClN3O2. The highest BCUT2D eigenvalue weighted by Gasteiger charge is 2.16. The third-order valence-electron chi connectivity index (χ3n) is 4.19. The van der Waals surface area contributed by atoms with Crippen molar-refractivity contribution in [3.05, 3.63) is 76.9 Å². The van der Waals surface area contributed by atoms with E-state index in [1.54, 1.807) is 36.5 Å². The number of nitrogens with two attached hydrogens (primary N) is 1. The molecule has 1 heterocycles. The molecule has 142 valence electrons. The Morgan fingerprint density at radius 1 is 1.04 bits per heavy atom. The van der Waals surface area contributed by atoms with Gasteiger partial charge in [0.1, 0.15) is 0 Å². The van der Waals surface area contributed by atoms with E-state index in [2.05, 4.69) is 10.3 Å². The molecule has 0 atom stereocenters. The number of nitrogens with zero attached hydrogens (tertiary/aromatic N) is 1. The van der Waals surface area contributed by atoms with Crippen molar-refractivity contribution in [1.82, 2.24) is 10.3 Å². The molecule has 1 aromatic heterocycles. The van der Waals surface area contributed by atoms with Gasteiger partial charge >= 0.3 is 0 Å². The van der Waals surface area contributed by atoms with Gasteiger partial charge in [0.05, 0.1) is 5.69 Å². The molecule has 2 amide bonds. The molecule has 28 heavy (non-hydrogen) atoms. The molecule has 0 fully saturated rings. The number of rotatable bonds is 5. The summed E-state index contributed by atoms with van der Waals surface area (Å²) in [6, 6.07) is 15.8. The molecule has 0 aliphatic heterocycles. The summed E-state index contributed by atoms with van der Waals surface area (Å²) >= 11 is 6.36. The molecule has 0 unspecified atom stereocenters. The van der Waals surface area contributed by atoms with E-state index in [1.807, 2.05) is 38.1 Å². The van der Waals surface area contributed by atoms with Gasteiger partial charge in [-0.3, -0.25) is 14.6 Å². The lowest BCUT2D eigenvalue weighted by molar-refractivity contribution is 0.0940. The average Bonchev–Trinajstić information content (AvgIpc) is 2.68. The molecule has 3 aromatic rings. The van der Waals surface area contributed by atoms with Crippen LogP contribution in [0.1, 0.15) is 34.6 Å². The number of pyridine rings is 1. The number of aromatic nitrogens is 1. The topological polar surface area (TPSA) is 85.1 Å². The Hall–Kier alpha value is -3.18. The summed E-state index contributed by atoms with van der Waals surface area (Å²) in [6.45, 7) is 3.77. The van der Waals surface area contributed by atoms with Crippen molar-refractivity contribution in [2.24, 2.45) is 5.73 Å². The molecule has 3 rings (SSSR count). The first-order chi connectivity index (χ1) is 13.4. The largest absolute Gasteiger partial charge is 0.366 e. The van der Waals surface area contributed by atoms with Crippen molar-refractivity contribution in [2.45, 2.75) is 19.9 Å². The van der Waals surface area contributed by atoms with Crippen LogP contribution in [-0.4, -0.2) is 22.8 Å². The van der Waals surface area contributed by atoms with Gasteiger partial charge in [0.25, 0.3) is 5.91 Å². The Morgan fingerprint density at radius 3 is 2.46 bits per heavy atom. The van der Waals surface area contributed by atoms with Crippen molar-refractivity contribution in [3.63, 3.8) is 0 Å². The van der Waals surface area contributed by atoms with Crippen LogP contribution >= 0.6 is 11.6 Å². The lowest BCUT2D eigenvalue weighted by Crippen LogP contribution is -2.30. The van der Waals surface area contributed by atoms with Gasteiger partial charge in [0, 0.05) is 34.0 Å². The number of carbonyl (C=O) groups is 2. The lowest BCUT2D eigenvalue weighted by Gasteiger charge is -2.13. The SMILES string of the molecule is CC(C)NC(=O)c1ccc(C(N)=O)c(-c2ccc(Cl)c(-c3ccccn3)c2)c1. The van der Waals surface area contributed by atoms with Crippen molar-refractivity contribution >= 4 is 23.4 Å². The zero-order chi connectivity index (χ0) is 20.3. The second kappa shape index (κ2) is 8.23. The molecule has 0 aliphatic carbocycles. The van der Waals surface area contributed by atoms with E-state index in [-0.39, 0.29) is 11.9 Å². The summed E-state index contributed by atoms with van der Waals surface area (Å²) in [5, 5.41) is 3.39. The van der Waals surface area contributed by atoms with E-state index in [9.17, 15) is 9.59 Å². The summed E-state index contributed by atoms with van der Waals surface area (Å²) in [7, 11) is 0. The highest BCUT2D eigenvalue weighted by Crippen LogP contribution is 2.33. The Balaban J connectivity index is 2.14. The third-order valence-corrected chi connectivity index (χ3v) is 4.51. The number of carbonyl (C=O) groups excluding carboxylic acids is 2. The van der Waals surface area contributed by atoms with E-state index in [0.29, 0.717) is 27.4 Å². The van der Waals surface area contributed by atoms with E-state index in [0.717, 1.165) is 11.1 Å². The third kappa shape index (κ3) is 4.21. The Bertz CT molecular complexity index is 1030. The number of benzene rings is 2. The molecule has 0 aliphatic rings. The molecule has 0 saturated carbocycles. The average molecular weight is 394 g/mol. The molecule has 0 saturated heterocycles. The zero-order valence-corrected chi connectivity index (χ0v) is 16.3. The summed E-state index contributed by atoms with van der Waals surface area (Å²) < 4.78 is 0. The lowest BCUT2D eigenvalue weighted by atomic mass is 9.94. The van der Waals surface area contributed by atoms with Crippen LogP contribution in [-0.2, 0) is 0 Å². The summed E-state index contributed by atoms with van der Waals surface area (Å²) in [5.74, 6) is -0.786. The number of nitrogens with one attached hydrogen (secondary N) is 1. The molecular weight excluding hydrogens is 374 g/mol. The van der Waals surface area contributed by atoms with Crippen LogP contribution in [0.3, 0.4) is 0 Å². The van der Waals surface area contributed by atoms with Gasteiger partial charge < -0.3 is 11.1 Å². The van der Waals surface area contributed by atoms with Gasteiger partial charge in [-0.1, -0.05) is 23.7 Å². The first kappa shape index (κ1) is 19.6. The van der Waals surface area contributed by atoms with E-state index < -0.39 is 5.91 Å². The quantitative estimate of drug-likeness (QED) is 0.677. The predicted octanol–water partition coefficient (Wildman–Crippen LogP) is 4.31. The number of primary amides is 1. The zero-order valence-electron chi connectivity index (χ0n) is 15.6. The van der Waals surface area contributed by atoms with Crippen LogP contribution in [0.5, 0.6) is 0 Å². The summed E-state index contributed by atoms with van der Waals surface area (Å²) in [6.07, 6.45) is 1.68. The smallest absolute Gasteiger partial charge is 0.251 e.